The summed E-state index contributed by atoms with van der Waals surface area (Å²) in [6, 6.07) is 3.65. The van der Waals surface area contributed by atoms with E-state index in [9.17, 15) is 4.79 Å². The Morgan fingerprint density at radius 3 is 2.67 bits per heavy atom. The minimum atomic E-state index is -0.0715. The van der Waals surface area contributed by atoms with Gasteiger partial charge in [0.25, 0.3) is 5.91 Å². The van der Waals surface area contributed by atoms with Crippen molar-refractivity contribution in [1.29, 1.82) is 0 Å². The number of pyridine rings is 1. The lowest BCUT2D eigenvalue weighted by Crippen LogP contribution is -2.30. The average Bonchev–Trinajstić information content (AvgIpc) is 3.18. The number of nitrogens with zero attached hydrogens (tertiary/aromatic N) is 1. The Labute approximate surface area is 108 Å². The maximum atomic E-state index is 11.9. The van der Waals surface area contributed by atoms with E-state index < -0.39 is 0 Å². The highest BCUT2D eigenvalue weighted by atomic mass is 16.1. The summed E-state index contributed by atoms with van der Waals surface area (Å²) in [6.07, 6.45) is 5.30. The molecule has 4 heteroatoms. The molecule has 1 aromatic heterocycles. The summed E-state index contributed by atoms with van der Waals surface area (Å²) in [4.78, 5) is 16.1. The summed E-state index contributed by atoms with van der Waals surface area (Å²) < 4.78 is 0. The van der Waals surface area contributed by atoms with Crippen molar-refractivity contribution >= 4 is 11.6 Å². The van der Waals surface area contributed by atoms with Crippen LogP contribution in [0.4, 0.5) is 5.69 Å². The number of amides is 1. The van der Waals surface area contributed by atoms with Gasteiger partial charge in [-0.05, 0) is 43.7 Å². The minimum Gasteiger partial charge on any atom is -0.384 e. The number of carbonyl (C=O) groups is 1. The Hall–Kier alpha value is -1.58. The van der Waals surface area contributed by atoms with Gasteiger partial charge in [-0.15, -0.1) is 0 Å². The van der Waals surface area contributed by atoms with Gasteiger partial charge in [-0.3, -0.25) is 4.79 Å². The molecule has 2 rings (SSSR count). The molecular weight excluding hydrogens is 226 g/mol. The topological polar surface area (TPSA) is 54.0 Å². The number of hydrogen-bond donors (Lipinski definition) is 2. The third-order valence-electron chi connectivity index (χ3n) is 3.71. The van der Waals surface area contributed by atoms with Gasteiger partial charge in [0.2, 0.25) is 0 Å². The molecule has 4 nitrogen and oxygen atoms in total. The molecule has 1 aliphatic carbocycles. The molecule has 2 N–H and O–H groups in total. The van der Waals surface area contributed by atoms with Crippen LogP contribution in [-0.2, 0) is 0 Å². The Morgan fingerprint density at radius 2 is 2.17 bits per heavy atom. The molecule has 0 atom stereocenters. The van der Waals surface area contributed by atoms with Gasteiger partial charge >= 0.3 is 0 Å². The lowest BCUT2D eigenvalue weighted by atomic mass is 10.0. The Bertz CT molecular complexity index is 410. The number of carbonyl (C=O) groups excluding carboxylic acids is 1. The van der Waals surface area contributed by atoms with Crippen LogP contribution in [-0.4, -0.2) is 24.0 Å². The van der Waals surface area contributed by atoms with Crippen molar-refractivity contribution in [3.63, 3.8) is 0 Å². The molecule has 0 radical (unpaired) electrons. The lowest BCUT2D eigenvalue weighted by Gasteiger charge is -2.13. The molecule has 18 heavy (non-hydrogen) atoms. The van der Waals surface area contributed by atoms with E-state index in [1.54, 1.807) is 12.3 Å². The van der Waals surface area contributed by atoms with E-state index in [2.05, 4.69) is 22.5 Å². The summed E-state index contributed by atoms with van der Waals surface area (Å²) in [5, 5.41) is 6.14. The molecule has 0 aliphatic heterocycles. The number of nitrogens with one attached hydrogen (secondary N) is 2. The van der Waals surface area contributed by atoms with E-state index in [0.717, 1.165) is 25.2 Å². The number of aromatic nitrogens is 1. The van der Waals surface area contributed by atoms with Gasteiger partial charge in [0.15, 0.2) is 0 Å². The fourth-order valence-corrected chi connectivity index (χ4v) is 2.03. The first-order chi connectivity index (χ1) is 8.69. The molecule has 1 aliphatic rings. The van der Waals surface area contributed by atoms with Crippen molar-refractivity contribution in [1.82, 2.24) is 10.3 Å². The Kier molecular flexibility index (Phi) is 3.84. The van der Waals surface area contributed by atoms with E-state index in [-0.39, 0.29) is 5.91 Å². The summed E-state index contributed by atoms with van der Waals surface area (Å²) in [5.74, 6) is -0.0715. The second-order valence-corrected chi connectivity index (χ2v) is 5.00. The lowest BCUT2D eigenvalue weighted by molar-refractivity contribution is 0.0939. The largest absolute Gasteiger partial charge is 0.384 e. The molecule has 1 saturated carbocycles. The molecule has 0 unspecified atom stereocenters. The van der Waals surface area contributed by atoms with Gasteiger partial charge in [0, 0.05) is 13.1 Å². The molecule has 1 aromatic rings. The maximum absolute atomic E-state index is 11.9. The van der Waals surface area contributed by atoms with Crippen molar-refractivity contribution in [3.05, 3.63) is 24.0 Å². The zero-order chi connectivity index (χ0) is 13.0. The smallest absolute Gasteiger partial charge is 0.269 e. The van der Waals surface area contributed by atoms with Gasteiger partial charge in [-0.25, -0.2) is 4.98 Å². The monoisotopic (exact) mass is 247 g/mol. The Balaban J connectivity index is 1.88. The normalized spacial score (nSPS) is 16.1. The maximum Gasteiger partial charge on any atom is 0.269 e. The van der Waals surface area contributed by atoms with Crippen molar-refractivity contribution in [2.45, 2.75) is 33.1 Å². The highest BCUT2D eigenvalue weighted by Gasteiger charge is 2.40. The molecule has 98 valence electrons. The molecule has 1 heterocycles. The van der Waals surface area contributed by atoms with Crippen LogP contribution in [0.3, 0.4) is 0 Å². The van der Waals surface area contributed by atoms with Crippen LogP contribution in [0, 0.1) is 5.41 Å². The van der Waals surface area contributed by atoms with Crippen molar-refractivity contribution in [2.75, 3.05) is 18.4 Å². The molecule has 0 aromatic carbocycles. The van der Waals surface area contributed by atoms with Gasteiger partial charge in [-0.2, -0.15) is 0 Å². The van der Waals surface area contributed by atoms with Crippen molar-refractivity contribution < 1.29 is 4.79 Å². The molecule has 1 fully saturated rings. The molecular formula is C14H21N3O. The van der Waals surface area contributed by atoms with E-state index in [0.29, 0.717) is 11.1 Å². The van der Waals surface area contributed by atoms with Crippen molar-refractivity contribution in [3.8, 4) is 0 Å². The van der Waals surface area contributed by atoms with Crippen LogP contribution in [0.1, 0.15) is 43.6 Å². The second kappa shape index (κ2) is 5.38. The van der Waals surface area contributed by atoms with E-state index >= 15 is 0 Å². The highest BCUT2D eigenvalue weighted by molar-refractivity contribution is 5.92. The summed E-state index contributed by atoms with van der Waals surface area (Å²) in [5.41, 5.74) is 1.81. The van der Waals surface area contributed by atoms with Gasteiger partial charge in [0.1, 0.15) is 5.69 Å². The molecule has 0 saturated heterocycles. The predicted molar refractivity (Wildman–Crippen MR) is 72.7 cm³/mol. The highest BCUT2D eigenvalue weighted by Crippen LogP contribution is 2.47. The standard InChI is InChI=1S/C14H21N3O/c1-3-14(7-8-14)10-17-13(18)12-6-5-11(9-16-12)15-4-2/h5-6,9,15H,3-4,7-8,10H2,1-2H3,(H,17,18). The van der Waals surface area contributed by atoms with Crippen LogP contribution < -0.4 is 10.6 Å². The first-order valence-electron chi connectivity index (χ1n) is 6.67. The fourth-order valence-electron chi connectivity index (χ4n) is 2.03. The van der Waals surface area contributed by atoms with Gasteiger partial charge < -0.3 is 10.6 Å². The fraction of sp³-hybridized carbons (Fsp3) is 0.571. The predicted octanol–water partition coefficient (Wildman–Crippen LogP) is 2.43. The molecule has 0 bridgehead atoms. The van der Waals surface area contributed by atoms with Crippen molar-refractivity contribution in [2.24, 2.45) is 5.41 Å². The average molecular weight is 247 g/mol. The van der Waals surface area contributed by atoms with Crippen LogP contribution in [0.25, 0.3) is 0 Å². The van der Waals surface area contributed by atoms with E-state index in [1.807, 2.05) is 13.0 Å². The first-order valence-corrected chi connectivity index (χ1v) is 6.67. The number of hydrogen-bond acceptors (Lipinski definition) is 3. The van der Waals surface area contributed by atoms with Crippen LogP contribution in [0.2, 0.25) is 0 Å². The third-order valence-corrected chi connectivity index (χ3v) is 3.71. The summed E-state index contributed by atoms with van der Waals surface area (Å²) in [6.45, 7) is 5.84. The Morgan fingerprint density at radius 1 is 1.39 bits per heavy atom. The minimum absolute atomic E-state index is 0.0715. The zero-order valence-electron chi connectivity index (χ0n) is 11.1. The summed E-state index contributed by atoms with van der Waals surface area (Å²) >= 11 is 0. The first kappa shape index (κ1) is 12.9. The number of rotatable bonds is 6. The summed E-state index contributed by atoms with van der Waals surface area (Å²) in [7, 11) is 0. The van der Waals surface area contributed by atoms with Gasteiger partial charge in [-0.1, -0.05) is 6.92 Å². The van der Waals surface area contributed by atoms with Crippen LogP contribution in [0.5, 0.6) is 0 Å². The zero-order valence-corrected chi connectivity index (χ0v) is 11.1. The quantitative estimate of drug-likeness (QED) is 0.811. The SMILES string of the molecule is CCNc1ccc(C(=O)NCC2(CC)CC2)nc1. The third kappa shape index (κ3) is 3.00. The number of anilines is 1. The van der Waals surface area contributed by atoms with Gasteiger partial charge in [0.05, 0.1) is 11.9 Å². The molecule has 1 amide bonds. The van der Waals surface area contributed by atoms with E-state index in [1.165, 1.54) is 12.8 Å². The van der Waals surface area contributed by atoms with E-state index in [4.69, 9.17) is 0 Å². The van der Waals surface area contributed by atoms with Crippen LogP contribution >= 0.6 is 0 Å². The van der Waals surface area contributed by atoms with Crippen LogP contribution in [0.15, 0.2) is 18.3 Å². The molecule has 0 spiro atoms. The second-order valence-electron chi connectivity index (χ2n) is 5.00.